The number of aryl methyl sites for hydroxylation is 1. The van der Waals surface area contributed by atoms with Gasteiger partial charge in [0, 0.05) is 32.6 Å². The lowest BCUT2D eigenvalue weighted by molar-refractivity contribution is -0.117. The Morgan fingerprint density at radius 1 is 1.50 bits per heavy atom. The van der Waals surface area contributed by atoms with Gasteiger partial charge in [-0.15, -0.1) is 0 Å². The average Bonchev–Trinajstić information content (AvgIpc) is 2.31. The molecule has 0 aliphatic rings. The molecule has 1 rings (SSSR count). The largest absolute Gasteiger partial charge is 0.373 e. The van der Waals surface area contributed by atoms with Crippen LogP contribution < -0.4 is 10.5 Å². The lowest BCUT2D eigenvalue weighted by Gasteiger charge is -2.17. The van der Waals surface area contributed by atoms with E-state index < -0.39 is 0 Å². The Bertz CT molecular complexity index is 454. The van der Waals surface area contributed by atoms with Gasteiger partial charge in [0.1, 0.15) is 5.78 Å². The molecule has 1 heterocycles. The van der Waals surface area contributed by atoms with E-state index in [1.54, 1.807) is 19.2 Å². The Kier molecular flexibility index (Phi) is 5.55. The summed E-state index contributed by atoms with van der Waals surface area (Å²) in [6, 6.07) is 1.59. The molecule has 0 unspecified atom stereocenters. The van der Waals surface area contributed by atoms with Crippen molar-refractivity contribution in [3.05, 3.63) is 22.6 Å². The molecule has 0 saturated heterocycles. The summed E-state index contributed by atoms with van der Waals surface area (Å²) in [7, 11) is 1.94. The quantitative estimate of drug-likeness (QED) is 0.736. The number of Topliss-reactive ketones (excluding diaryl/α,β-unsaturated/α-hetero) is 1. The van der Waals surface area contributed by atoms with E-state index in [9.17, 15) is 9.59 Å². The smallest absolute Gasteiger partial charge is 0.268 e. The van der Waals surface area contributed by atoms with Gasteiger partial charge in [-0.25, -0.2) is 4.68 Å². The number of anilines is 1. The Labute approximate surface area is 107 Å². The highest BCUT2D eigenvalue weighted by Gasteiger charge is 2.04. The standard InChI is InChI=1S/C13H21N3O2/c1-4-7-15(3)12-9-13(18)16(14-10-12)8-5-6-11(2)17/h9-10H,4-8H2,1-3H3. The van der Waals surface area contributed by atoms with Crippen molar-refractivity contribution in [3.63, 3.8) is 0 Å². The molecule has 18 heavy (non-hydrogen) atoms. The summed E-state index contributed by atoms with van der Waals surface area (Å²) in [5.41, 5.74) is 0.726. The molecule has 0 amide bonds. The minimum atomic E-state index is -0.112. The second kappa shape index (κ2) is 6.93. The highest BCUT2D eigenvalue weighted by molar-refractivity contribution is 5.75. The summed E-state index contributed by atoms with van der Waals surface area (Å²) in [4.78, 5) is 24.6. The first-order valence-electron chi connectivity index (χ1n) is 6.32. The molecule has 1 aromatic heterocycles. The van der Waals surface area contributed by atoms with Crippen LogP contribution in [-0.4, -0.2) is 29.2 Å². The predicted molar refractivity (Wildman–Crippen MR) is 72.0 cm³/mol. The van der Waals surface area contributed by atoms with E-state index in [4.69, 9.17) is 0 Å². The number of hydrogen-bond donors (Lipinski definition) is 0. The molecule has 0 N–H and O–H groups in total. The first-order chi connectivity index (χ1) is 8.54. The minimum Gasteiger partial charge on any atom is -0.373 e. The van der Waals surface area contributed by atoms with Gasteiger partial charge in [-0.3, -0.25) is 4.79 Å². The maximum Gasteiger partial charge on any atom is 0.268 e. The summed E-state index contributed by atoms with van der Waals surface area (Å²) < 4.78 is 1.41. The van der Waals surface area contributed by atoms with E-state index in [1.807, 2.05) is 11.9 Å². The minimum absolute atomic E-state index is 0.112. The van der Waals surface area contributed by atoms with Crippen LogP contribution in [0, 0.1) is 0 Å². The summed E-state index contributed by atoms with van der Waals surface area (Å²) in [5.74, 6) is 0.141. The van der Waals surface area contributed by atoms with Gasteiger partial charge in [-0.1, -0.05) is 6.92 Å². The molecule has 0 spiro atoms. The predicted octanol–water partition coefficient (Wildman–Crippen LogP) is 1.46. The molecule has 0 fully saturated rings. The number of rotatable bonds is 7. The molecule has 5 nitrogen and oxygen atoms in total. The molecule has 5 heteroatoms. The third-order valence-electron chi connectivity index (χ3n) is 2.75. The average molecular weight is 251 g/mol. The zero-order valence-electron chi connectivity index (χ0n) is 11.3. The van der Waals surface area contributed by atoms with Gasteiger partial charge in [0.25, 0.3) is 5.56 Å². The van der Waals surface area contributed by atoms with Gasteiger partial charge in [0.15, 0.2) is 0 Å². The number of nitrogens with zero attached hydrogens (tertiary/aromatic N) is 3. The molecule has 0 bridgehead atoms. The molecular formula is C13H21N3O2. The van der Waals surface area contributed by atoms with Crippen LogP contribution >= 0.6 is 0 Å². The van der Waals surface area contributed by atoms with E-state index in [0.29, 0.717) is 19.4 Å². The van der Waals surface area contributed by atoms with Crippen LogP contribution in [-0.2, 0) is 11.3 Å². The summed E-state index contributed by atoms with van der Waals surface area (Å²) in [6.45, 7) is 5.04. The Morgan fingerprint density at radius 3 is 2.78 bits per heavy atom. The fraction of sp³-hybridized carbons (Fsp3) is 0.615. The monoisotopic (exact) mass is 251 g/mol. The topological polar surface area (TPSA) is 55.2 Å². The van der Waals surface area contributed by atoms with E-state index in [-0.39, 0.29) is 11.3 Å². The molecule has 0 aliphatic heterocycles. The Morgan fingerprint density at radius 2 is 2.22 bits per heavy atom. The fourth-order valence-electron chi connectivity index (χ4n) is 1.74. The zero-order valence-corrected chi connectivity index (χ0v) is 11.3. The van der Waals surface area contributed by atoms with Gasteiger partial charge in [-0.2, -0.15) is 5.10 Å². The molecule has 100 valence electrons. The number of hydrogen-bond acceptors (Lipinski definition) is 4. The van der Waals surface area contributed by atoms with Crippen molar-refractivity contribution >= 4 is 11.5 Å². The van der Waals surface area contributed by atoms with Crippen LogP contribution in [0.15, 0.2) is 17.1 Å². The van der Waals surface area contributed by atoms with Crippen molar-refractivity contribution < 1.29 is 4.79 Å². The summed E-state index contributed by atoms with van der Waals surface area (Å²) in [6.07, 6.45) is 3.88. The normalized spacial score (nSPS) is 10.4. The van der Waals surface area contributed by atoms with Crippen molar-refractivity contribution in [1.29, 1.82) is 0 Å². The van der Waals surface area contributed by atoms with Gasteiger partial charge < -0.3 is 9.69 Å². The van der Waals surface area contributed by atoms with E-state index in [1.165, 1.54) is 4.68 Å². The highest BCUT2D eigenvalue weighted by Crippen LogP contribution is 2.07. The number of carbonyl (C=O) groups excluding carboxylic acids is 1. The van der Waals surface area contributed by atoms with Crippen molar-refractivity contribution in [2.75, 3.05) is 18.5 Å². The van der Waals surface area contributed by atoms with Crippen LogP contribution in [0.3, 0.4) is 0 Å². The zero-order chi connectivity index (χ0) is 13.5. The first-order valence-corrected chi connectivity index (χ1v) is 6.32. The van der Waals surface area contributed by atoms with Gasteiger partial charge in [0.05, 0.1) is 11.9 Å². The van der Waals surface area contributed by atoms with E-state index in [2.05, 4.69) is 12.0 Å². The first kappa shape index (κ1) is 14.4. The molecular weight excluding hydrogens is 230 g/mol. The fourth-order valence-corrected chi connectivity index (χ4v) is 1.74. The molecule has 0 atom stereocenters. The SMILES string of the molecule is CCCN(C)c1cnn(CCCC(C)=O)c(=O)c1. The number of ketones is 1. The van der Waals surface area contributed by atoms with Crippen LogP contribution in [0.4, 0.5) is 5.69 Å². The van der Waals surface area contributed by atoms with Crippen LogP contribution in [0.25, 0.3) is 0 Å². The van der Waals surface area contributed by atoms with Crippen LogP contribution in [0.2, 0.25) is 0 Å². The molecule has 0 radical (unpaired) electrons. The van der Waals surface area contributed by atoms with Crippen molar-refractivity contribution in [1.82, 2.24) is 9.78 Å². The highest BCUT2D eigenvalue weighted by atomic mass is 16.1. The maximum atomic E-state index is 11.8. The van der Waals surface area contributed by atoms with Gasteiger partial charge in [0.2, 0.25) is 0 Å². The third kappa shape index (κ3) is 4.31. The Balaban J connectivity index is 2.68. The van der Waals surface area contributed by atoms with Gasteiger partial charge in [-0.05, 0) is 19.8 Å². The van der Waals surface area contributed by atoms with Crippen LogP contribution in [0.1, 0.15) is 33.1 Å². The number of aromatic nitrogens is 2. The van der Waals surface area contributed by atoms with Gasteiger partial charge >= 0.3 is 0 Å². The van der Waals surface area contributed by atoms with Crippen molar-refractivity contribution in [3.8, 4) is 0 Å². The summed E-state index contributed by atoms with van der Waals surface area (Å²) >= 11 is 0. The van der Waals surface area contributed by atoms with E-state index >= 15 is 0 Å². The Hall–Kier alpha value is -1.65. The molecule has 1 aromatic rings. The van der Waals surface area contributed by atoms with E-state index in [0.717, 1.165) is 18.7 Å². The lowest BCUT2D eigenvalue weighted by atomic mass is 10.2. The van der Waals surface area contributed by atoms with Crippen molar-refractivity contribution in [2.45, 2.75) is 39.7 Å². The van der Waals surface area contributed by atoms with Crippen LogP contribution in [0.5, 0.6) is 0 Å². The molecule has 0 aromatic carbocycles. The lowest BCUT2D eigenvalue weighted by Crippen LogP contribution is -2.26. The number of carbonyl (C=O) groups is 1. The second-order valence-electron chi connectivity index (χ2n) is 4.50. The summed E-state index contributed by atoms with van der Waals surface area (Å²) in [5, 5.41) is 4.13. The van der Waals surface area contributed by atoms with Crippen molar-refractivity contribution in [2.24, 2.45) is 0 Å². The molecule has 0 aliphatic carbocycles. The third-order valence-corrected chi connectivity index (χ3v) is 2.75. The second-order valence-corrected chi connectivity index (χ2v) is 4.50. The maximum absolute atomic E-state index is 11.8. The molecule has 0 saturated carbocycles.